The van der Waals surface area contributed by atoms with E-state index in [1.54, 1.807) is 7.11 Å². The molecule has 1 aliphatic heterocycles. The predicted molar refractivity (Wildman–Crippen MR) is 110 cm³/mol. The van der Waals surface area contributed by atoms with E-state index in [4.69, 9.17) is 4.74 Å². The largest absolute Gasteiger partial charge is 0.497 e. The first-order valence-electron chi connectivity index (χ1n) is 9.49. The molecule has 0 unspecified atom stereocenters. The molecule has 0 radical (unpaired) electrons. The van der Waals surface area contributed by atoms with E-state index in [9.17, 15) is 4.79 Å². The molecule has 0 bridgehead atoms. The molecule has 0 atom stereocenters. The summed E-state index contributed by atoms with van der Waals surface area (Å²) < 4.78 is 5.22. The van der Waals surface area contributed by atoms with Crippen molar-refractivity contribution < 1.29 is 9.53 Å². The Bertz CT molecular complexity index is 741. The van der Waals surface area contributed by atoms with Crippen LogP contribution in [0.4, 0.5) is 5.69 Å². The van der Waals surface area contributed by atoms with Crippen LogP contribution in [0, 0.1) is 0 Å². The molecule has 1 aliphatic rings. The van der Waals surface area contributed by atoms with E-state index in [1.165, 1.54) is 5.56 Å². The van der Waals surface area contributed by atoms with E-state index >= 15 is 0 Å². The normalized spacial score (nSPS) is 15.3. The van der Waals surface area contributed by atoms with Crippen molar-refractivity contribution in [2.24, 2.45) is 0 Å². The van der Waals surface area contributed by atoms with Crippen LogP contribution >= 0.6 is 0 Å². The molecule has 1 saturated heterocycles. The Morgan fingerprint density at radius 3 is 2.30 bits per heavy atom. The summed E-state index contributed by atoms with van der Waals surface area (Å²) in [6, 6.07) is 16.1. The monoisotopic (exact) mass is 367 g/mol. The molecule has 0 aromatic heterocycles. The molecular formula is C22H29N3O2. The van der Waals surface area contributed by atoms with Gasteiger partial charge < -0.3 is 14.5 Å². The molecule has 144 valence electrons. The number of carbonyl (C=O) groups excluding carboxylic acids is 1. The number of rotatable bonds is 5. The fourth-order valence-electron chi connectivity index (χ4n) is 3.41. The SMILES string of the molecule is COc1ccc(CN2CCCN(C(=O)c3ccc(N(C)C)cc3)CC2)cc1. The summed E-state index contributed by atoms with van der Waals surface area (Å²) in [4.78, 5) is 19.3. The van der Waals surface area contributed by atoms with Gasteiger partial charge in [-0.25, -0.2) is 0 Å². The van der Waals surface area contributed by atoms with Gasteiger partial charge in [-0.1, -0.05) is 12.1 Å². The second-order valence-electron chi connectivity index (χ2n) is 7.21. The fraction of sp³-hybridized carbons (Fsp3) is 0.409. The summed E-state index contributed by atoms with van der Waals surface area (Å²) in [6.45, 7) is 4.39. The van der Waals surface area contributed by atoms with Gasteiger partial charge >= 0.3 is 0 Å². The number of benzene rings is 2. The topological polar surface area (TPSA) is 36.0 Å². The smallest absolute Gasteiger partial charge is 0.253 e. The fourth-order valence-corrected chi connectivity index (χ4v) is 3.41. The molecule has 0 N–H and O–H groups in total. The third-order valence-corrected chi connectivity index (χ3v) is 5.07. The lowest BCUT2D eigenvalue weighted by Gasteiger charge is -2.22. The van der Waals surface area contributed by atoms with Gasteiger partial charge in [0.2, 0.25) is 0 Å². The van der Waals surface area contributed by atoms with Crippen LogP contribution in [0.25, 0.3) is 0 Å². The molecule has 1 fully saturated rings. The molecule has 0 spiro atoms. The van der Waals surface area contributed by atoms with Crippen molar-refractivity contribution in [2.75, 3.05) is 52.3 Å². The zero-order valence-electron chi connectivity index (χ0n) is 16.5. The van der Waals surface area contributed by atoms with Gasteiger partial charge in [-0.3, -0.25) is 9.69 Å². The number of hydrogen-bond acceptors (Lipinski definition) is 4. The minimum absolute atomic E-state index is 0.131. The average molecular weight is 367 g/mol. The number of carbonyl (C=O) groups is 1. The highest BCUT2D eigenvalue weighted by Gasteiger charge is 2.20. The van der Waals surface area contributed by atoms with Gasteiger partial charge in [0.05, 0.1) is 7.11 Å². The van der Waals surface area contributed by atoms with Gasteiger partial charge in [-0.15, -0.1) is 0 Å². The molecule has 5 heteroatoms. The summed E-state index contributed by atoms with van der Waals surface area (Å²) in [7, 11) is 5.69. The maximum Gasteiger partial charge on any atom is 0.253 e. The molecule has 1 amide bonds. The van der Waals surface area contributed by atoms with Crippen LogP contribution in [0.15, 0.2) is 48.5 Å². The van der Waals surface area contributed by atoms with Crippen molar-refractivity contribution in [3.63, 3.8) is 0 Å². The lowest BCUT2D eigenvalue weighted by molar-refractivity contribution is 0.0761. The van der Waals surface area contributed by atoms with Crippen LogP contribution in [0.3, 0.4) is 0 Å². The van der Waals surface area contributed by atoms with Crippen molar-refractivity contribution in [3.05, 3.63) is 59.7 Å². The van der Waals surface area contributed by atoms with E-state index in [1.807, 2.05) is 60.3 Å². The zero-order chi connectivity index (χ0) is 19.2. The second-order valence-corrected chi connectivity index (χ2v) is 7.21. The lowest BCUT2D eigenvalue weighted by Crippen LogP contribution is -2.35. The van der Waals surface area contributed by atoms with Crippen LogP contribution in [-0.4, -0.2) is 63.1 Å². The number of ether oxygens (including phenoxy) is 1. The standard InChI is InChI=1S/C22H29N3O2/c1-23(2)20-9-7-19(8-10-20)22(26)25-14-4-13-24(15-16-25)17-18-5-11-21(27-3)12-6-18/h5-12H,4,13-17H2,1-3H3. The van der Waals surface area contributed by atoms with Gasteiger partial charge in [0.1, 0.15) is 5.75 Å². The highest BCUT2D eigenvalue weighted by Crippen LogP contribution is 2.17. The first-order chi connectivity index (χ1) is 13.1. The van der Waals surface area contributed by atoms with Crippen LogP contribution < -0.4 is 9.64 Å². The molecule has 2 aromatic rings. The number of anilines is 1. The van der Waals surface area contributed by atoms with E-state index in [-0.39, 0.29) is 5.91 Å². The first kappa shape index (κ1) is 19.2. The molecule has 0 aliphatic carbocycles. The predicted octanol–water partition coefficient (Wildman–Crippen LogP) is 3.11. The zero-order valence-corrected chi connectivity index (χ0v) is 16.5. The van der Waals surface area contributed by atoms with Crippen molar-refractivity contribution in [2.45, 2.75) is 13.0 Å². The molecule has 27 heavy (non-hydrogen) atoms. The minimum Gasteiger partial charge on any atom is -0.497 e. The molecule has 3 rings (SSSR count). The van der Waals surface area contributed by atoms with Crippen molar-refractivity contribution in [3.8, 4) is 5.75 Å². The van der Waals surface area contributed by atoms with Crippen molar-refractivity contribution in [1.82, 2.24) is 9.80 Å². The summed E-state index contributed by atoms with van der Waals surface area (Å²) in [5.41, 5.74) is 3.15. The lowest BCUT2D eigenvalue weighted by atomic mass is 10.1. The van der Waals surface area contributed by atoms with Crippen LogP contribution in [0.5, 0.6) is 5.75 Å². The summed E-state index contributed by atoms with van der Waals surface area (Å²) in [6.07, 6.45) is 0.998. The van der Waals surface area contributed by atoms with Gasteiger partial charge in [-0.05, 0) is 48.4 Å². The minimum atomic E-state index is 0.131. The summed E-state index contributed by atoms with van der Waals surface area (Å²) in [5, 5.41) is 0. The third-order valence-electron chi connectivity index (χ3n) is 5.07. The number of hydrogen-bond donors (Lipinski definition) is 0. The number of methoxy groups -OCH3 is 1. The van der Waals surface area contributed by atoms with Crippen LogP contribution in [0.1, 0.15) is 22.3 Å². The quantitative estimate of drug-likeness (QED) is 0.814. The molecule has 5 nitrogen and oxygen atoms in total. The second kappa shape index (κ2) is 8.91. The molecule has 1 heterocycles. The highest BCUT2D eigenvalue weighted by atomic mass is 16.5. The van der Waals surface area contributed by atoms with Crippen molar-refractivity contribution >= 4 is 11.6 Å². The van der Waals surface area contributed by atoms with E-state index in [2.05, 4.69) is 17.0 Å². The maximum absolute atomic E-state index is 12.8. The van der Waals surface area contributed by atoms with E-state index in [0.717, 1.165) is 56.1 Å². The Morgan fingerprint density at radius 2 is 1.67 bits per heavy atom. The van der Waals surface area contributed by atoms with Crippen LogP contribution in [0.2, 0.25) is 0 Å². The maximum atomic E-state index is 12.8. The Kier molecular flexibility index (Phi) is 6.35. The highest BCUT2D eigenvalue weighted by molar-refractivity contribution is 5.94. The third kappa shape index (κ3) is 5.01. The Hall–Kier alpha value is -2.53. The Morgan fingerprint density at radius 1 is 0.963 bits per heavy atom. The average Bonchev–Trinajstić information content (AvgIpc) is 2.93. The Labute approximate surface area is 162 Å². The van der Waals surface area contributed by atoms with Crippen molar-refractivity contribution in [1.29, 1.82) is 0 Å². The van der Waals surface area contributed by atoms with Gasteiger partial charge in [0.25, 0.3) is 5.91 Å². The van der Waals surface area contributed by atoms with E-state index in [0.29, 0.717) is 0 Å². The number of nitrogens with zero attached hydrogens (tertiary/aromatic N) is 3. The number of amides is 1. The molecule has 2 aromatic carbocycles. The Balaban J connectivity index is 1.57. The van der Waals surface area contributed by atoms with Gasteiger partial charge in [0, 0.05) is 58.1 Å². The molecular weight excluding hydrogens is 338 g/mol. The van der Waals surface area contributed by atoms with Crippen LogP contribution in [-0.2, 0) is 6.54 Å². The first-order valence-corrected chi connectivity index (χ1v) is 9.49. The van der Waals surface area contributed by atoms with Gasteiger partial charge in [-0.2, -0.15) is 0 Å². The molecule has 0 saturated carbocycles. The summed E-state index contributed by atoms with van der Waals surface area (Å²) >= 11 is 0. The van der Waals surface area contributed by atoms with E-state index < -0.39 is 0 Å². The summed E-state index contributed by atoms with van der Waals surface area (Å²) in [5.74, 6) is 1.01. The van der Waals surface area contributed by atoms with Gasteiger partial charge in [0.15, 0.2) is 0 Å².